The Bertz CT molecular complexity index is 664. The number of furan rings is 1. The summed E-state index contributed by atoms with van der Waals surface area (Å²) in [5, 5.41) is 0. The lowest BCUT2D eigenvalue weighted by Crippen LogP contribution is -2.32. The molecule has 1 aliphatic heterocycles. The van der Waals surface area contributed by atoms with E-state index in [-0.39, 0.29) is 5.91 Å². The first-order valence-electron chi connectivity index (χ1n) is 8.43. The minimum Gasteiger partial charge on any atom is -0.465 e. The van der Waals surface area contributed by atoms with Gasteiger partial charge in [0.2, 0.25) is 5.91 Å². The average Bonchev–Trinajstić information content (AvgIpc) is 3.25. The van der Waals surface area contributed by atoms with Crippen molar-refractivity contribution in [3.05, 3.63) is 66.1 Å². The molecule has 0 radical (unpaired) electrons. The molecular weight excluding hydrogens is 300 g/mol. The van der Waals surface area contributed by atoms with Gasteiger partial charge in [-0.25, -0.2) is 0 Å². The molecule has 4 heteroatoms. The van der Waals surface area contributed by atoms with Crippen LogP contribution in [0.15, 0.2) is 59.2 Å². The van der Waals surface area contributed by atoms with Crippen molar-refractivity contribution in [2.45, 2.75) is 13.0 Å². The van der Waals surface area contributed by atoms with Crippen LogP contribution in [0.5, 0.6) is 0 Å². The van der Waals surface area contributed by atoms with Crippen molar-refractivity contribution < 1.29 is 9.21 Å². The minimum absolute atomic E-state index is 0.0212. The predicted octanol–water partition coefficient (Wildman–Crippen LogP) is 3.27. The summed E-state index contributed by atoms with van der Waals surface area (Å²) in [5.74, 6) is 1.26. The summed E-state index contributed by atoms with van der Waals surface area (Å²) in [4.78, 5) is 16.5. The van der Waals surface area contributed by atoms with Crippen LogP contribution in [0.2, 0.25) is 0 Å². The Morgan fingerprint density at radius 3 is 2.88 bits per heavy atom. The Morgan fingerprint density at radius 1 is 1.29 bits per heavy atom. The highest BCUT2D eigenvalue weighted by molar-refractivity contribution is 5.91. The molecular formula is C20H24N2O2. The summed E-state index contributed by atoms with van der Waals surface area (Å²) in [6, 6.07) is 14.2. The number of carbonyl (C=O) groups excluding carboxylic acids is 1. The van der Waals surface area contributed by atoms with Crippen LogP contribution < -0.4 is 0 Å². The molecule has 0 spiro atoms. The number of carbonyl (C=O) groups is 1. The number of rotatable bonds is 6. The van der Waals surface area contributed by atoms with E-state index >= 15 is 0 Å². The lowest BCUT2D eigenvalue weighted by Gasteiger charge is -2.21. The monoisotopic (exact) mass is 324 g/mol. The zero-order valence-corrected chi connectivity index (χ0v) is 14.1. The van der Waals surface area contributed by atoms with Gasteiger partial charge in [0.15, 0.2) is 0 Å². The largest absolute Gasteiger partial charge is 0.465 e. The fourth-order valence-corrected chi connectivity index (χ4v) is 3.19. The highest BCUT2D eigenvalue weighted by Gasteiger charge is 2.24. The number of nitrogens with zero attached hydrogens (tertiary/aromatic N) is 2. The van der Waals surface area contributed by atoms with E-state index in [1.807, 2.05) is 25.2 Å². The molecule has 1 fully saturated rings. The van der Waals surface area contributed by atoms with Crippen molar-refractivity contribution in [1.29, 1.82) is 0 Å². The summed E-state index contributed by atoms with van der Waals surface area (Å²) in [6.07, 6.45) is 6.05. The third-order valence-corrected chi connectivity index (χ3v) is 4.46. The summed E-state index contributed by atoms with van der Waals surface area (Å²) >= 11 is 0. The first-order chi connectivity index (χ1) is 11.7. The molecule has 126 valence electrons. The van der Waals surface area contributed by atoms with E-state index in [1.165, 1.54) is 5.56 Å². The average molecular weight is 324 g/mol. The number of benzene rings is 1. The van der Waals surface area contributed by atoms with Gasteiger partial charge in [-0.3, -0.25) is 9.69 Å². The van der Waals surface area contributed by atoms with Crippen LogP contribution in [0.1, 0.15) is 17.7 Å². The number of likely N-dealkylation sites (N-methyl/N-ethyl adjacent to an activating group) is 1. The SMILES string of the molecule is CN(C[C@H]1CCN(Cc2ccccc2)C1)C(=O)/C=C/c1ccco1. The first-order valence-corrected chi connectivity index (χ1v) is 8.43. The lowest BCUT2D eigenvalue weighted by atomic mass is 10.1. The Hall–Kier alpha value is -2.33. The molecule has 2 aromatic rings. The van der Waals surface area contributed by atoms with Gasteiger partial charge in [-0.2, -0.15) is 0 Å². The van der Waals surface area contributed by atoms with Gasteiger partial charge in [0, 0.05) is 32.8 Å². The van der Waals surface area contributed by atoms with Crippen LogP contribution >= 0.6 is 0 Å². The number of hydrogen-bond donors (Lipinski definition) is 0. The fourth-order valence-electron chi connectivity index (χ4n) is 3.19. The van der Waals surface area contributed by atoms with E-state index in [1.54, 1.807) is 23.3 Å². The van der Waals surface area contributed by atoms with Gasteiger partial charge < -0.3 is 9.32 Å². The summed E-state index contributed by atoms with van der Waals surface area (Å²) in [7, 11) is 1.87. The second-order valence-corrected chi connectivity index (χ2v) is 6.44. The van der Waals surface area contributed by atoms with E-state index in [9.17, 15) is 4.79 Å². The van der Waals surface area contributed by atoms with Crippen LogP contribution in [0.25, 0.3) is 6.08 Å². The van der Waals surface area contributed by atoms with Crippen molar-refractivity contribution in [3.63, 3.8) is 0 Å². The molecule has 1 amide bonds. The van der Waals surface area contributed by atoms with Crippen LogP contribution in [-0.4, -0.2) is 42.4 Å². The Kier molecular flexibility index (Phi) is 5.49. The zero-order chi connectivity index (χ0) is 16.8. The van der Waals surface area contributed by atoms with Crippen LogP contribution in [0.4, 0.5) is 0 Å². The van der Waals surface area contributed by atoms with Gasteiger partial charge in [0.1, 0.15) is 5.76 Å². The molecule has 1 aliphatic rings. The van der Waals surface area contributed by atoms with Crippen molar-refractivity contribution in [2.75, 3.05) is 26.7 Å². The predicted molar refractivity (Wildman–Crippen MR) is 95.2 cm³/mol. The van der Waals surface area contributed by atoms with Gasteiger partial charge >= 0.3 is 0 Å². The second kappa shape index (κ2) is 7.97. The van der Waals surface area contributed by atoms with Gasteiger partial charge in [-0.05, 0) is 42.7 Å². The quantitative estimate of drug-likeness (QED) is 0.765. The molecule has 1 aromatic carbocycles. The van der Waals surface area contributed by atoms with Crippen LogP contribution in [0, 0.1) is 5.92 Å². The molecule has 0 N–H and O–H groups in total. The summed E-state index contributed by atoms with van der Waals surface area (Å²) < 4.78 is 5.20. The molecule has 4 nitrogen and oxygen atoms in total. The van der Waals surface area contributed by atoms with Crippen molar-refractivity contribution in [3.8, 4) is 0 Å². The summed E-state index contributed by atoms with van der Waals surface area (Å²) in [6.45, 7) is 3.94. The van der Waals surface area contributed by atoms with Gasteiger partial charge in [-0.1, -0.05) is 30.3 Å². The summed E-state index contributed by atoms with van der Waals surface area (Å²) in [5.41, 5.74) is 1.35. The molecule has 0 bridgehead atoms. The molecule has 1 saturated heterocycles. The molecule has 0 saturated carbocycles. The highest BCUT2D eigenvalue weighted by atomic mass is 16.3. The smallest absolute Gasteiger partial charge is 0.246 e. The molecule has 1 aromatic heterocycles. The highest BCUT2D eigenvalue weighted by Crippen LogP contribution is 2.19. The van der Waals surface area contributed by atoms with E-state index in [2.05, 4.69) is 29.2 Å². The fraction of sp³-hybridized carbons (Fsp3) is 0.350. The maximum Gasteiger partial charge on any atom is 0.246 e. The van der Waals surface area contributed by atoms with Crippen molar-refractivity contribution >= 4 is 12.0 Å². The third kappa shape index (κ3) is 4.59. The van der Waals surface area contributed by atoms with E-state index < -0.39 is 0 Å². The molecule has 24 heavy (non-hydrogen) atoms. The number of hydrogen-bond acceptors (Lipinski definition) is 3. The standard InChI is InChI=1S/C20H24N2O2/c1-21(20(23)10-9-19-8-5-13-24-19)14-18-11-12-22(16-18)15-17-6-3-2-4-7-17/h2-10,13,18H,11-12,14-16H2,1H3/b10-9+/t18-/m1/s1. The zero-order valence-electron chi connectivity index (χ0n) is 14.1. The molecule has 1 atom stereocenters. The maximum absolute atomic E-state index is 12.2. The topological polar surface area (TPSA) is 36.7 Å². The van der Waals surface area contributed by atoms with Gasteiger partial charge in [0.05, 0.1) is 6.26 Å². The Balaban J connectivity index is 1.45. The first kappa shape index (κ1) is 16.5. The normalized spacial score (nSPS) is 18.3. The van der Waals surface area contributed by atoms with Crippen molar-refractivity contribution in [2.24, 2.45) is 5.92 Å². The lowest BCUT2D eigenvalue weighted by molar-refractivity contribution is -0.125. The van der Waals surface area contributed by atoms with E-state index in [4.69, 9.17) is 4.42 Å². The van der Waals surface area contributed by atoms with Gasteiger partial charge in [-0.15, -0.1) is 0 Å². The number of likely N-dealkylation sites (tertiary alicyclic amines) is 1. The second-order valence-electron chi connectivity index (χ2n) is 6.44. The Morgan fingerprint density at radius 2 is 2.12 bits per heavy atom. The van der Waals surface area contributed by atoms with Crippen LogP contribution in [-0.2, 0) is 11.3 Å². The molecule has 0 aliphatic carbocycles. The van der Waals surface area contributed by atoms with Gasteiger partial charge in [0.25, 0.3) is 0 Å². The molecule has 0 unspecified atom stereocenters. The van der Waals surface area contributed by atoms with E-state index in [0.717, 1.165) is 32.6 Å². The maximum atomic E-state index is 12.2. The number of amides is 1. The molecule has 2 heterocycles. The minimum atomic E-state index is 0.0212. The van der Waals surface area contributed by atoms with Crippen molar-refractivity contribution in [1.82, 2.24) is 9.80 Å². The molecule has 3 rings (SSSR count). The Labute approximate surface area is 143 Å². The third-order valence-electron chi connectivity index (χ3n) is 4.46. The van der Waals surface area contributed by atoms with E-state index in [0.29, 0.717) is 11.7 Å². The van der Waals surface area contributed by atoms with Crippen LogP contribution in [0.3, 0.4) is 0 Å².